The average Bonchev–Trinajstić information content (AvgIpc) is 3.02. The minimum absolute atomic E-state index is 0.0897. The summed E-state index contributed by atoms with van der Waals surface area (Å²) >= 11 is 1.12. The van der Waals surface area contributed by atoms with Crippen LogP contribution in [0.15, 0.2) is 51.1 Å². The average molecular weight is 359 g/mol. The van der Waals surface area contributed by atoms with Gasteiger partial charge in [-0.2, -0.15) is 34.9 Å². The van der Waals surface area contributed by atoms with Crippen LogP contribution in [0.1, 0.15) is 5.56 Å². The molecule has 0 saturated heterocycles. The van der Waals surface area contributed by atoms with Gasteiger partial charge in [-0.15, -0.1) is 0 Å². The summed E-state index contributed by atoms with van der Waals surface area (Å²) in [5.74, 6) is 0. The van der Waals surface area contributed by atoms with Crippen molar-refractivity contribution < 1.29 is 21.6 Å². The Morgan fingerprint density at radius 2 is 2.04 bits per heavy atom. The standard InChI is InChI=1S/C13H8F3N3O2S2/c14-13(15,16)9-2-1-3-10(6-9)18-19-12(7-17)23(20,21)11-4-5-22-8-11/h1-6,8,18H. The summed E-state index contributed by atoms with van der Waals surface area (Å²) in [6, 6.07) is 6.76. The van der Waals surface area contributed by atoms with Crippen LogP contribution in [0.4, 0.5) is 18.9 Å². The van der Waals surface area contributed by atoms with E-state index in [2.05, 4.69) is 10.5 Å². The van der Waals surface area contributed by atoms with Gasteiger partial charge in [0.05, 0.1) is 16.1 Å². The van der Waals surface area contributed by atoms with Gasteiger partial charge in [0, 0.05) is 5.38 Å². The van der Waals surface area contributed by atoms with Gasteiger partial charge in [0.25, 0.3) is 5.04 Å². The van der Waals surface area contributed by atoms with Gasteiger partial charge in [-0.3, -0.25) is 5.43 Å². The maximum absolute atomic E-state index is 12.6. The summed E-state index contributed by atoms with van der Waals surface area (Å²) in [5, 5.41) is 14.4. The Hall–Kier alpha value is -2.38. The molecule has 0 aliphatic rings. The molecular weight excluding hydrogens is 351 g/mol. The molecule has 2 rings (SSSR count). The zero-order valence-corrected chi connectivity index (χ0v) is 12.8. The van der Waals surface area contributed by atoms with E-state index < -0.39 is 26.6 Å². The third-order valence-corrected chi connectivity index (χ3v) is 5.03. The van der Waals surface area contributed by atoms with Gasteiger partial charge < -0.3 is 0 Å². The van der Waals surface area contributed by atoms with E-state index >= 15 is 0 Å². The van der Waals surface area contributed by atoms with Crippen molar-refractivity contribution in [2.45, 2.75) is 11.1 Å². The van der Waals surface area contributed by atoms with Gasteiger partial charge in [0.15, 0.2) is 0 Å². The van der Waals surface area contributed by atoms with E-state index in [1.165, 1.54) is 29.0 Å². The van der Waals surface area contributed by atoms with E-state index in [1.54, 1.807) is 0 Å². The summed E-state index contributed by atoms with van der Waals surface area (Å²) in [6.07, 6.45) is -4.54. The number of alkyl halides is 3. The summed E-state index contributed by atoms with van der Waals surface area (Å²) in [7, 11) is -4.10. The summed E-state index contributed by atoms with van der Waals surface area (Å²) in [4.78, 5) is -0.103. The lowest BCUT2D eigenvalue weighted by atomic mass is 10.2. The molecule has 0 atom stereocenters. The van der Waals surface area contributed by atoms with Gasteiger partial charge in [-0.05, 0) is 29.6 Å². The molecule has 0 unspecified atom stereocenters. The SMILES string of the molecule is N#CC(=NNc1cccc(C(F)(F)F)c1)S(=O)(=O)c1ccsc1. The van der Waals surface area contributed by atoms with E-state index in [-0.39, 0.29) is 10.6 Å². The second-order valence-corrected chi connectivity index (χ2v) is 6.83. The van der Waals surface area contributed by atoms with E-state index in [4.69, 9.17) is 5.26 Å². The molecular formula is C13H8F3N3O2S2. The Balaban J connectivity index is 2.30. The maximum Gasteiger partial charge on any atom is 0.416 e. The molecule has 1 aromatic carbocycles. The van der Waals surface area contributed by atoms with Gasteiger partial charge in [0.1, 0.15) is 6.07 Å². The normalized spacial score (nSPS) is 12.7. The molecule has 10 heteroatoms. The lowest BCUT2D eigenvalue weighted by Crippen LogP contribution is -2.14. The monoisotopic (exact) mass is 359 g/mol. The molecule has 0 aliphatic carbocycles. The van der Waals surface area contributed by atoms with Crippen LogP contribution >= 0.6 is 11.3 Å². The molecule has 0 spiro atoms. The number of sulfone groups is 1. The predicted octanol–water partition coefficient (Wildman–Crippen LogP) is 3.49. The van der Waals surface area contributed by atoms with Crippen LogP contribution in [0.2, 0.25) is 0 Å². The molecule has 0 amide bonds. The van der Waals surface area contributed by atoms with E-state index in [9.17, 15) is 21.6 Å². The Kier molecular flexibility index (Phi) is 4.72. The molecule has 120 valence electrons. The fourth-order valence-electron chi connectivity index (χ4n) is 1.54. The third-order valence-electron chi connectivity index (χ3n) is 2.63. The third kappa shape index (κ3) is 3.88. The van der Waals surface area contributed by atoms with Crippen molar-refractivity contribution in [1.29, 1.82) is 5.26 Å². The fraction of sp³-hybridized carbons (Fsp3) is 0.0769. The maximum atomic E-state index is 12.6. The number of anilines is 1. The summed E-state index contributed by atoms with van der Waals surface area (Å²) in [6.45, 7) is 0. The highest BCUT2D eigenvalue weighted by atomic mass is 32.2. The first-order valence-corrected chi connectivity index (χ1v) is 8.36. The minimum Gasteiger partial charge on any atom is -0.277 e. The van der Waals surface area contributed by atoms with Crippen LogP contribution in [0.25, 0.3) is 0 Å². The van der Waals surface area contributed by atoms with Gasteiger partial charge >= 0.3 is 6.18 Å². The molecule has 5 nitrogen and oxygen atoms in total. The number of hydrazone groups is 1. The Labute approximate surface area is 133 Å². The second kappa shape index (κ2) is 6.39. The molecule has 0 fully saturated rings. The molecule has 0 bridgehead atoms. The number of rotatable bonds is 3. The van der Waals surface area contributed by atoms with E-state index in [0.717, 1.165) is 29.5 Å². The number of halogens is 3. The van der Waals surface area contributed by atoms with Crippen LogP contribution in [-0.4, -0.2) is 13.5 Å². The Morgan fingerprint density at radius 3 is 2.61 bits per heavy atom. The molecule has 1 N–H and O–H groups in total. The van der Waals surface area contributed by atoms with Crippen LogP contribution in [-0.2, 0) is 16.0 Å². The van der Waals surface area contributed by atoms with Crippen LogP contribution in [0.5, 0.6) is 0 Å². The van der Waals surface area contributed by atoms with Crippen molar-refractivity contribution >= 4 is 31.9 Å². The fourth-order valence-corrected chi connectivity index (χ4v) is 3.57. The topological polar surface area (TPSA) is 82.3 Å². The molecule has 1 heterocycles. The van der Waals surface area contributed by atoms with E-state index in [0.29, 0.717) is 0 Å². The van der Waals surface area contributed by atoms with Crippen molar-refractivity contribution in [2.75, 3.05) is 5.43 Å². The van der Waals surface area contributed by atoms with Gasteiger partial charge in [-0.1, -0.05) is 6.07 Å². The van der Waals surface area contributed by atoms with E-state index in [1.807, 2.05) is 0 Å². The second-order valence-electron chi connectivity index (χ2n) is 4.18. The van der Waals surface area contributed by atoms with Gasteiger partial charge in [0.2, 0.25) is 9.84 Å². The Bertz CT molecular complexity index is 867. The van der Waals surface area contributed by atoms with Crippen molar-refractivity contribution in [3.05, 3.63) is 46.7 Å². The first-order valence-electron chi connectivity index (χ1n) is 5.93. The summed E-state index contributed by atoms with van der Waals surface area (Å²) in [5.41, 5.74) is 1.16. The lowest BCUT2D eigenvalue weighted by Gasteiger charge is -2.08. The smallest absolute Gasteiger partial charge is 0.277 e. The highest BCUT2D eigenvalue weighted by Gasteiger charge is 2.30. The number of nitriles is 1. The van der Waals surface area contributed by atoms with Crippen LogP contribution in [0, 0.1) is 11.3 Å². The number of thiophene rings is 1. The van der Waals surface area contributed by atoms with Crippen molar-refractivity contribution in [3.63, 3.8) is 0 Å². The largest absolute Gasteiger partial charge is 0.416 e. The number of hydrogen-bond acceptors (Lipinski definition) is 6. The van der Waals surface area contributed by atoms with Crippen LogP contribution < -0.4 is 5.43 Å². The number of benzene rings is 1. The predicted molar refractivity (Wildman–Crippen MR) is 79.6 cm³/mol. The number of nitrogens with one attached hydrogen (secondary N) is 1. The molecule has 0 aliphatic heterocycles. The number of hydrogen-bond donors (Lipinski definition) is 1. The zero-order valence-electron chi connectivity index (χ0n) is 11.2. The van der Waals surface area contributed by atoms with Crippen LogP contribution in [0.3, 0.4) is 0 Å². The van der Waals surface area contributed by atoms with Crippen molar-refractivity contribution in [2.24, 2.45) is 5.10 Å². The first-order chi connectivity index (χ1) is 10.7. The molecule has 23 heavy (non-hydrogen) atoms. The number of nitrogens with zero attached hydrogens (tertiary/aromatic N) is 2. The van der Waals surface area contributed by atoms with Crippen molar-refractivity contribution in [3.8, 4) is 6.07 Å². The Morgan fingerprint density at radius 1 is 1.30 bits per heavy atom. The molecule has 2 aromatic rings. The highest BCUT2D eigenvalue weighted by Crippen LogP contribution is 2.30. The zero-order chi connectivity index (χ0) is 17.1. The minimum atomic E-state index is -4.54. The summed E-state index contributed by atoms with van der Waals surface area (Å²) < 4.78 is 62.0. The lowest BCUT2D eigenvalue weighted by molar-refractivity contribution is -0.137. The molecule has 0 saturated carbocycles. The first kappa shape index (κ1) is 17.0. The van der Waals surface area contributed by atoms with Crippen molar-refractivity contribution in [1.82, 2.24) is 0 Å². The molecule has 1 aromatic heterocycles. The highest BCUT2D eigenvalue weighted by molar-refractivity contribution is 8.07. The molecule has 0 radical (unpaired) electrons. The quantitative estimate of drug-likeness (QED) is 0.517. The van der Waals surface area contributed by atoms with Gasteiger partial charge in [-0.25, -0.2) is 8.42 Å².